The normalized spacial score (nSPS) is 14.4. The number of rotatable bonds is 3. The SMILES string of the molecule is CC(C)(C)c1ccc(C(=O)N2CCN=C2SCc2ccc(Cl)c(Cl)c2)cc1. The van der Waals surface area contributed by atoms with Crippen LogP contribution in [0.4, 0.5) is 0 Å². The predicted molar refractivity (Wildman–Crippen MR) is 116 cm³/mol. The Morgan fingerprint density at radius 2 is 1.81 bits per heavy atom. The van der Waals surface area contributed by atoms with E-state index in [2.05, 4.69) is 25.8 Å². The van der Waals surface area contributed by atoms with Gasteiger partial charge in [-0.2, -0.15) is 0 Å². The summed E-state index contributed by atoms with van der Waals surface area (Å²) >= 11 is 13.6. The molecular formula is C21H22Cl2N2OS. The van der Waals surface area contributed by atoms with Crippen LogP contribution in [0.25, 0.3) is 0 Å². The van der Waals surface area contributed by atoms with E-state index in [-0.39, 0.29) is 11.3 Å². The third-order valence-electron chi connectivity index (χ3n) is 4.40. The van der Waals surface area contributed by atoms with Crippen molar-refractivity contribution in [1.82, 2.24) is 4.90 Å². The number of aliphatic imine (C=N–C) groups is 1. The lowest BCUT2D eigenvalue weighted by molar-refractivity contribution is 0.0860. The van der Waals surface area contributed by atoms with Crippen molar-refractivity contribution in [2.75, 3.05) is 13.1 Å². The van der Waals surface area contributed by atoms with E-state index in [9.17, 15) is 4.79 Å². The lowest BCUT2D eigenvalue weighted by Gasteiger charge is -2.21. The van der Waals surface area contributed by atoms with E-state index >= 15 is 0 Å². The summed E-state index contributed by atoms with van der Waals surface area (Å²) in [6.45, 7) is 7.73. The van der Waals surface area contributed by atoms with Gasteiger partial charge < -0.3 is 0 Å². The molecule has 0 saturated heterocycles. The highest BCUT2D eigenvalue weighted by Gasteiger charge is 2.25. The summed E-state index contributed by atoms with van der Waals surface area (Å²) in [5.74, 6) is 0.677. The van der Waals surface area contributed by atoms with Gasteiger partial charge in [-0.15, -0.1) is 0 Å². The number of hydrogen-bond acceptors (Lipinski definition) is 3. The Morgan fingerprint density at radius 1 is 1.11 bits per heavy atom. The van der Waals surface area contributed by atoms with Crippen molar-refractivity contribution in [3.05, 3.63) is 69.2 Å². The van der Waals surface area contributed by atoms with Crippen molar-refractivity contribution < 1.29 is 4.79 Å². The van der Waals surface area contributed by atoms with E-state index in [1.165, 1.54) is 5.56 Å². The molecule has 2 aromatic carbocycles. The quantitative estimate of drug-likeness (QED) is 0.606. The highest BCUT2D eigenvalue weighted by Crippen LogP contribution is 2.27. The first-order valence-corrected chi connectivity index (χ1v) is 10.5. The minimum absolute atomic E-state index is 0.00616. The van der Waals surface area contributed by atoms with E-state index in [4.69, 9.17) is 23.2 Å². The molecule has 6 heteroatoms. The second-order valence-corrected chi connectivity index (χ2v) is 9.24. The van der Waals surface area contributed by atoms with Crippen LogP contribution in [0.5, 0.6) is 0 Å². The van der Waals surface area contributed by atoms with E-state index in [0.29, 0.717) is 34.5 Å². The molecular weight excluding hydrogens is 399 g/mol. The molecule has 27 heavy (non-hydrogen) atoms. The highest BCUT2D eigenvalue weighted by atomic mass is 35.5. The fraction of sp³-hybridized carbons (Fsp3) is 0.333. The molecule has 0 aliphatic carbocycles. The van der Waals surface area contributed by atoms with E-state index in [1.54, 1.807) is 22.7 Å². The van der Waals surface area contributed by atoms with Gasteiger partial charge in [-0.1, -0.05) is 73.9 Å². The van der Waals surface area contributed by atoms with Crippen molar-refractivity contribution in [3.63, 3.8) is 0 Å². The highest BCUT2D eigenvalue weighted by molar-refractivity contribution is 8.13. The third-order valence-corrected chi connectivity index (χ3v) is 6.22. The average molecular weight is 421 g/mol. The third kappa shape index (κ3) is 4.87. The molecule has 2 aromatic rings. The maximum Gasteiger partial charge on any atom is 0.259 e. The molecule has 0 atom stereocenters. The van der Waals surface area contributed by atoms with Crippen LogP contribution >= 0.6 is 35.0 Å². The second kappa shape index (κ2) is 8.26. The monoisotopic (exact) mass is 420 g/mol. The Hall–Kier alpha value is -1.49. The molecule has 1 amide bonds. The molecule has 1 heterocycles. The molecule has 0 saturated carbocycles. The van der Waals surface area contributed by atoms with Gasteiger partial charge in [0, 0.05) is 17.9 Å². The van der Waals surface area contributed by atoms with Crippen LogP contribution < -0.4 is 0 Å². The number of amidine groups is 1. The van der Waals surface area contributed by atoms with Crippen molar-refractivity contribution in [2.45, 2.75) is 31.9 Å². The fourth-order valence-electron chi connectivity index (χ4n) is 2.78. The van der Waals surface area contributed by atoms with Crippen molar-refractivity contribution in [3.8, 4) is 0 Å². The summed E-state index contributed by atoms with van der Waals surface area (Å²) in [5, 5.41) is 1.83. The van der Waals surface area contributed by atoms with Crippen LogP contribution in [0.2, 0.25) is 10.0 Å². The molecule has 0 spiro atoms. The molecule has 1 aliphatic heterocycles. The zero-order valence-corrected chi connectivity index (χ0v) is 18.0. The van der Waals surface area contributed by atoms with Gasteiger partial charge in [-0.25, -0.2) is 0 Å². The van der Waals surface area contributed by atoms with Gasteiger partial charge in [-0.3, -0.25) is 14.7 Å². The molecule has 0 unspecified atom stereocenters. The van der Waals surface area contributed by atoms with E-state index < -0.39 is 0 Å². The number of amides is 1. The first kappa shape index (κ1) is 20.2. The van der Waals surface area contributed by atoms with Crippen LogP contribution in [-0.2, 0) is 11.2 Å². The lowest BCUT2D eigenvalue weighted by Crippen LogP contribution is -2.32. The van der Waals surface area contributed by atoms with Crippen LogP contribution in [0.1, 0.15) is 42.3 Å². The number of benzene rings is 2. The Bertz CT molecular complexity index is 873. The number of carbonyl (C=O) groups is 1. The van der Waals surface area contributed by atoms with Crippen LogP contribution in [0.15, 0.2) is 47.5 Å². The van der Waals surface area contributed by atoms with Gasteiger partial charge in [0.25, 0.3) is 5.91 Å². The van der Waals surface area contributed by atoms with Crippen LogP contribution in [-0.4, -0.2) is 29.1 Å². The van der Waals surface area contributed by atoms with Crippen molar-refractivity contribution in [2.24, 2.45) is 4.99 Å². The average Bonchev–Trinajstić information content (AvgIpc) is 3.10. The van der Waals surface area contributed by atoms with Gasteiger partial charge in [0.2, 0.25) is 0 Å². The molecule has 0 radical (unpaired) electrons. The molecule has 3 nitrogen and oxygen atoms in total. The summed E-state index contributed by atoms with van der Waals surface area (Å²) in [5.41, 5.74) is 3.01. The molecule has 1 aliphatic rings. The van der Waals surface area contributed by atoms with Crippen LogP contribution in [0.3, 0.4) is 0 Å². The molecule has 0 fully saturated rings. The summed E-state index contributed by atoms with van der Waals surface area (Å²) < 4.78 is 0. The van der Waals surface area contributed by atoms with Gasteiger partial charge >= 0.3 is 0 Å². The van der Waals surface area contributed by atoms with E-state index in [1.807, 2.05) is 36.4 Å². The molecule has 0 N–H and O–H groups in total. The molecule has 142 valence electrons. The molecule has 0 bridgehead atoms. The van der Waals surface area contributed by atoms with Gasteiger partial charge in [-0.05, 0) is 40.8 Å². The molecule has 0 aromatic heterocycles. The summed E-state index contributed by atoms with van der Waals surface area (Å²) in [7, 11) is 0. The van der Waals surface area contributed by atoms with E-state index in [0.717, 1.165) is 10.7 Å². The summed E-state index contributed by atoms with van der Waals surface area (Å²) in [4.78, 5) is 19.2. The predicted octanol–water partition coefficient (Wildman–Crippen LogP) is 6.04. The Labute approximate surface area is 174 Å². The first-order valence-electron chi connectivity index (χ1n) is 8.79. The standard InChI is InChI=1S/C21H22Cl2N2OS/c1-21(2,3)16-7-5-15(6-8-16)19(26)25-11-10-24-20(25)27-13-14-4-9-17(22)18(23)12-14/h4-9,12H,10-11,13H2,1-3H3. The minimum Gasteiger partial charge on any atom is -0.286 e. The Kier molecular flexibility index (Phi) is 6.19. The van der Waals surface area contributed by atoms with Crippen molar-refractivity contribution in [1.29, 1.82) is 0 Å². The number of hydrogen-bond donors (Lipinski definition) is 0. The second-order valence-electron chi connectivity index (χ2n) is 7.49. The summed E-state index contributed by atoms with van der Waals surface area (Å²) in [6, 6.07) is 13.4. The number of nitrogens with zero attached hydrogens (tertiary/aromatic N) is 2. The van der Waals surface area contributed by atoms with Gasteiger partial charge in [0.05, 0.1) is 16.6 Å². The molecule has 3 rings (SSSR count). The van der Waals surface area contributed by atoms with Crippen molar-refractivity contribution >= 4 is 46.0 Å². The minimum atomic E-state index is -0.00616. The topological polar surface area (TPSA) is 32.7 Å². The Balaban J connectivity index is 1.68. The number of thioether (sulfide) groups is 1. The van der Waals surface area contributed by atoms with Crippen LogP contribution in [0, 0.1) is 0 Å². The number of carbonyl (C=O) groups excluding carboxylic acids is 1. The largest absolute Gasteiger partial charge is 0.286 e. The zero-order chi connectivity index (χ0) is 19.6. The zero-order valence-electron chi connectivity index (χ0n) is 15.6. The summed E-state index contributed by atoms with van der Waals surface area (Å²) in [6.07, 6.45) is 0. The maximum absolute atomic E-state index is 12.9. The fourth-order valence-corrected chi connectivity index (χ4v) is 4.09. The first-order chi connectivity index (χ1) is 12.8. The van der Waals surface area contributed by atoms with Gasteiger partial charge in [0.15, 0.2) is 5.17 Å². The number of halogens is 2. The van der Waals surface area contributed by atoms with Gasteiger partial charge in [0.1, 0.15) is 0 Å². The Morgan fingerprint density at radius 3 is 2.44 bits per heavy atom. The lowest BCUT2D eigenvalue weighted by atomic mass is 9.86. The smallest absolute Gasteiger partial charge is 0.259 e. The maximum atomic E-state index is 12.9.